The first kappa shape index (κ1) is 11.3. The molecular weight excluding hydrogens is 198 g/mol. The molecule has 0 aromatic heterocycles. The van der Waals surface area contributed by atoms with Gasteiger partial charge < -0.3 is 0 Å². The van der Waals surface area contributed by atoms with Crippen molar-refractivity contribution in [1.82, 2.24) is 0 Å². The quantitative estimate of drug-likeness (QED) is 0.523. The average Bonchev–Trinajstić information content (AvgIpc) is 1.94. The first-order chi connectivity index (χ1) is 5.11. The number of hydrogen-bond acceptors (Lipinski definition) is 2. The van der Waals surface area contributed by atoms with Gasteiger partial charge in [-0.15, -0.1) is 0 Å². The smallest absolute Gasteiger partial charge is 0.258 e. The number of nitro benzene ring substituents is 1. The molecule has 0 atom stereocenters. The molecule has 0 saturated heterocycles. The van der Waals surface area contributed by atoms with Gasteiger partial charge in [0.15, 0.2) is 0 Å². The van der Waals surface area contributed by atoms with E-state index in [1.54, 1.807) is 6.92 Å². The predicted molar refractivity (Wildman–Crippen MR) is 53.2 cm³/mol. The molecule has 1 rings (SSSR count). The van der Waals surface area contributed by atoms with Crippen molar-refractivity contribution in [3.63, 3.8) is 0 Å². The third-order valence-electron chi connectivity index (χ3n) is 1.35. The van der Waals surface area contributed by atoms with Crippen LogP contribution in [-0.4, -0.2) is 4.92 Å². The molecular formula is C7H8ClNO2S. The van der Waals surface area contributed by atoms with Gasteiger partial charge in [0.1, 0.15) is 0 Å². The number of benzene rings is 1. The van der Waals surface area contributed by atoms with Gasteiger partial charge in [0, 0.05) is 17.2 Å². The van der Waals surface area contributed by atoms with Crippen molar-refractivity contribution in [3.05, 3.63) is 38.9 Å². The van der Waals surface area contributed by atoms with E-state index in [1.807, 2.05) is 0 Å². The van der Waals surface area contributed by atoms with Gasteiger partial charge in [-0.2, -0.15) is 13.5 Å². The van der Waals surface area contributed by atoms with E-state index in [0.29, 0.717) is 5.02 Å². The van der Waals surface area contributed by atoms with Gasteiger partial charge in [-0.1, -0.05) is 11.6 Å². The van der Waals surface area contributed by atoms with Crippen LogP contribution in [0.4, 0.5) is 5.69 Å². The highest BCUT2D eigenvalue weighted by Gasteiger charge is 2.05. The first-order valence-electron chi connectivity index (χ1n) is 3.02. The Hall–Kier alpha value is -0.740. The summed E-state index contributed by atoms with van der Waals surface area (Å²) in [5, 5.41) is 10.8. The molecule has 66 valence electrons. The normalized spacial score (nSPS) is 8.83. The number of nitro groups is 1. The molecule has 0 aliphatic carbocycles. The number of nitrogens with zero attached hydrogens (tertiary/aromatic N) is 1. The average molecular weight is 206 g/mol. The molecule has 0 radical (unpaired) electrons. The lowest BCUT2D eigenvalue weighted by Crippen LogP contribution is -1.87. The number of hydrogen-bond donors (Lipinski definition) is 0. The van der Waals surface area contributed by atoms with Gasteiger partial charge >= 0.3 is 0 Å². The highest BCUT2D eigenvalue weighted by molar-refractivity contribution is 7.59. The van der Waals surface area contributed by atoms with Gasteiger partial charge in [-0.3, -0.25) is 10.1 Å². The van der Waals surface area contributed by atoms with Crippen LogP contribution in [0.3, 0.4) is 0 Å². The minimum absolute atomic E-state index is 0. The maximum Gasteiger partial charge on any atom is 0.269 e. The molecule has 0 spiro atoms. The van der Waals surface area contributed by atoms with E-state index in [2.05, 4.69) is 0 Å². The third kappa shape index (κ3) is 2.39. The third-order valence-corrected chi connectivity index (χ3v) is 1.78. The molecule has 0 amide bonds. The van der Waals surface area contributed by atoms with E-state index in [-0.39, 0.29) is 19.2 Å². The SMILES string of the molecule is Cc1cc([N+](=O)[O-])ccc1Cl.S. The van der Waals surface area contributed by atoms with Crippen molar-refractivity contribution in [3.8, 4) is 0 Å². The Balaban J connectivity index is 0.00000121. The monoisotopic (exact) mass is 205 g/mol. The van der Waals surface area contributed by atoms with Crippen LogP contribution in [0.25, 0.3) is 0 Å². The Morgan fingerprint density at radius 3 is 2.50 bits per heavy atom. The van der Waals surface area contributed by atoms with Gasteiger partial charge in [0.25, 0.3) is 5.69 Å². The molecule has 0 saturated carbocycles. The maximum absolute atomic E-state index is 10.2. The van der Waals surface area contributed by atoms with Crippen LogP contribution in [0.15, 0.2) is 18.2 Å². The number of aryl methyl sites for hydroxylation is 1. The number of halogens is 1. The molecule has 0 unspecified atom stereocenters. The van der Waals surface area contributed by atoms with E-state index >= 15 is 0 Å². The lowest BCUT2D eigenvalue weighted by Gasteiger charge is -1.95. The minimum atomic E-state index is -0.441. The lowest BCUT2D eigenvalue weighted by atomic mass is 10.2. The molecule has 1 aromatic rings. The molecule has 0 bridgehead atoms. The van der Waals surface area contributed by atoms with Crippen molar-refractivity contribution in [2.75, 3.05) is 0 Å². The second-order valence-electron chi connectivity index (χ2n) is 2.19. The van der Waals surface area contributed by atoms with Crippen molar-refractivity contribution >= 4 is 30.8 Å². The molecule has 0 heterocycles. The molecule has 12 heavy (non-hydrogen) atoms. The highest BCUT2D eigenvalue weighted by Crippen LogP contribution is 2.20. The fourth-order valence-corrected chi connectivity index (χ4v) is 0.860. The summed E-state index contributed by atoms with van der Waals surface area (Å²) in [6.07, 6.45) is 0. The summed E-state index contributed by atoms with van der Waals surface area (Å²) in [5.41, 5.74) is 0.799. The number of rotatable bonds is 1. The van der Waals surface area contributed by atoms with Crippen molar-refractivity contribution in [2.24, 2.45) is 0 Å². The van der Waals surface area contributed by atoms with E-state index in [0.717, 1.165) is 5.56 Å². The summed E-state index contributed by atoms with van der Waals surface area (Å²) in [6, 6.07) is 4.35. The van der Waals surface area contributed by atoms with Crippen LogP contribution < -0.4 is 0 Å². The van der Waals surface area contributed by atoms with E-state index in [4.69, 9.17) is 11.6 Å². The van der Waals surface area contributed by atoms with Crippen LogP contribution in [0.1, 0.15) is 5.56 Å². The second kappa shape index (κ2) is 4.33. The second-order valence-corrected chi connectivity index (χ2v) is 2.60. The van der Waals surface area contributed by atoms with Crippen molar-refractivity contribution < 1.29 is 4.92 Å². The molecule has 0 fully saturated rings. The molecule has 1 aromatic carbocycles. The van der Waals surface area contributed by atoms with E-state index in [1.165, 1.54) is 18.2 Å². The topological polar surface area (TPSA) is 43.1 Å². The Bertz CT molecular complexity index is 303. The van der Waals surface area contributed by atoms with Gasteiger partial charge in [0.05, 0.1) is 4.92 Å². The number of non-ortho nitro benzene ring substituents is 1. The predicted octanol–water partition coefficient (Wildman–Crippen LogP) is 2.67. The molecule has 5 heteroatoms. The van der Waals surface area contributed by atoms with Crippen LogP contribution >= 0.6 is 25.1 Å². The minimum Gasteiger partial charge on any atom is -0.258 e. The van der Waals surface area contributed by atoms with Gasteiger partial charge in [-0.25, -0.2) is 0 Å². The molecule has 3 nitrogen and oxygen atoms in total. The summed E-state index contributed by atoms with van der Waals surface area (Å²) < 4.78 is 0. The molecule has 0 aliphatic heterocycles. The zero-order chi connectivity index (χ0) is 8.43. The van der Waals surface area contributed by atoms with Crippen LogP contribution in [0.5, 0.6) is 0 Å². The Kier molecular flexibility index (Phi) is 4.06. The summed E-state index contributed by atoms with van der Waals surface area (Å²) in [6.45, 7) is 1.73. The van der Waals surface area contributed by atoms with Gasteiger partial charge in [-0.05, 0) is 18.6 Å². The van der Waals surface area contributed by atoms with Crippen molar-refractivity contribution in [2.45, 2.75) is 6.92 Å². The van der Waals surface area contributed by atoms with Crippen molar-refractivity contribution in [1.29, 1.82) is 0 Å². The maximum atomic E-state index is 10.2. The standard InChI is InChI=1S/C7H6ClNO2.H2S/c1-5-4-6(9(10)11)2-3-7(5)8;/h2-4H,1H3;1H2. The summed E-state index contributed by atoms with van der Waals surface area (Å²) in [7, 11) is 0. The Morgan fingerprint density at radius 2 is 2.08 bits per heavy atom. The molecule has 0 N–H and O–H groups in total. The largest absolute Gasteiger partial charge is 0.269 e. The van der Waals surface area contributed by atoms with E-state index < -0.39 is 4.92 Å². The summed E-state index contributed by atoms with van der Waals surface area (Å²) in [4.78, 5) is 9.79. The first-order valence-corrected chi connectivity index (χ1v) is 3.39. The fraction of sp³-hybridized carbons (Fsp3) is 0.143. The zero-order valence-electron chi connectivity index (χ0n) is 6.37. The van der Waals surface area contributed by atoms with Crippen LogP contribution in [0, 0.1) is 17.0 Å². The Morgan fingerprint density at radius 1 is 1.50 bits per heavy atom. The van der Waals surface area contributed by atoms with E-state index in [9.17, 15) is 10.1 Å². The molecule has 0 aliphatic rings. The fourth-order valence-electron chi connectivity index (χ4n) is 0.742. The lowest BCUT2D eigenvalue weighted by molar-refractivity contribution is -0.384. The van der Waals surface area contributed by atoms with Crippen LogP contribution in [0.2, 0.25) is 5.02 Å². The Labute approximate surface area is 81.9 Å². The summed E-state index contributed by atoms with van der Waals surface area (Å²) in [5.74, 6) is 0. The summed E-state index contributed by atoms with van der Waals surface area (Å²) >= 11 is 5.66. The highest BCUT2D eigenvalue weighted by atomic mass is 35.5. The zero-order valence-corrected chi connectivity index (χ0v) is 8.13. The van der Waals surface area contributed by atoms with Gasteiger partial charge in [0.2, 0.25) is 0 Å². The van der Waals surface area contributed by atoms with Crippen LogP contribution in [-0.2, 0) is 0 Å².